The summed E-state index contributed by atoms with van der Waals surface area (Å²) in [4.78, 5) is 23.0. The van der Waals surface area contributed by atoms with Crippen molar-refractivity contribution in [2.75, 3.05) is 0 Å². The van der Waals surface area contributed by atoms with Crippen molar-refractivity contribution in [3.63, 3.8) is 0 Å². The lowest BCUT2D eigenvalue weighted by molar-refractivity contribution is -0.146. The lowest BCUT2D eigenvalue weighted by Crippen LogP contribution is -2.25. The Balaban J connectivity index is 2.71. The Morgan fingerprint density at radius 2 is 1.89 bits per heavy atom. The second-order valence-corrected chi connectivity index (χ2v) is 5.54. The number of carbonyl (C=O) groups is 2. The summed E-state index contributed by atoms with van der Waals surface area (Å²) in [5, 5.41) is 9.14. The first-order valence-electron chi connectivity index (χ1n) is 6.04. The predicted octanol–water partition coefficient (Wildman–Crippen LogP) is 3.29. The van der Waals surface area contributed by atoms with Crippen molar-refractivity contribution in [1.29, 1.82) is 0 Å². The first kappa shape index (κ1) is 15.1. The van der Waals surface area contributed by atoms with Gasteiger partial charge in [0.2, 0.25) is 0 Å². The fourth-order valence-electron chi connectivity index (χ4n) is 1.72. The number of rotatable bonds is 7. The van der Waals surface area contributed by atoms with Gasteiger partial charge in [-0.25, -0.2) is 0 Å². The van der Waals surface area contributed by atoms with E-state index in [-0.39, 0.29) is 12.2 Å². The van der Waals surface area contributed by atoms with Gasteiger partial charge in [-0.15, -0.1) is 0 Å². The van der Waals surface area contributed by atoms with E-state index in [0.29, 0.717) is 6.42 Å². The van der Waals surface area contributed by atoms with Crippen LogP contribution in [0.2, 0.25) is 0 Å². The SMILES string of the molecule is CCCCC(=O)C(Cc1ccc(I)cc1)C(=O)O. The first-order valence-corrected chi connectivity index (χ1v) is 7.12. The Labute approximate surface area is 121 Å². The number of ketones is 1. The van der Waals surface area contributed by atoms with Gasteiger partial charge in [0.05, 0.1) is 0 Å². The highest BCUT2D eigenvalue weighted by atomic mass is 127. The fourth-order valence-corrected chi connectivity index (χ4v) is 2.08. The van der Waals surface area contributed by atoms with Crippen molar-refractivity contribution in [1.82, 2.24) is 0 Å². The number of carbonyl (C=O) groups excluding carboxylic acids is 1. The van der Waals surface area contributed by atoms with Crippen molar-refractivity contribution in [3.8, 4) is 0 Å². The van der Waals surface area contributed by atoms with E-state index in [4.69, 9.17) is 5.11 Å². The van der Waals surface area contributed by atoms with Crippen molar-refractivity contribution in [3.05, 3.63) is 33.4 Å². The van der Waals surface area contributed by atoms with Crippen LogP contribution in [0.4, 0.5) is 0 Å². The van der Waals surface area contributed by atoms with E-state index < -0.39 is 11.9 Å². The van der Waals surface area contributed by atoms with Crippen LogP contribution >= 0.6 is 22.6 Å². The van der Waals surface area contributed by atoms with Crippen LogP contribution < -0.4 is 0 Å². The van der Waals surface area contributed by atoms with Gasteiger partial charge in [0.25, 0.3) is 0 Å². The molecule has 0 aromatic heterocycles. The fraction of sp³-hybridized carbons (Fsp3) is 0.429. The molecule has 98 valence electrons. The zero-order valence-corrected chi connectivity index (χ0v) is 12.5. The maximum Gasteiger partial charge on any atom is 0.314 e. The lowest BCUT2D eigenvalue weighted by Gasteiger charge is -2.11. The minimum absolute atomic E-state index is 0.164. The van der Waals surface area contributed by atoms with E-state index in [2.05, 4.69) is 22.6 Å². The predicted molar refractivity (Wildman–Crippen MR) is 78.5 cm³/mol. The molecular formula is C14H17IO3. The summed E-state index contributed by atoms with van der Waals surface area (Å²) in [6, 6.07) is 7.60. The number of aliphatic carboxylic acids is 1. The molecule has 1 rings (SSSR count). The van der Waals surface area contributed by atoms with E-state index in [1.165, 1.54) is 0 Å². The number of carboxylic acid groups (broad SMARTS) is 1. The summed E-state index contributed by atoms with van der Waals surface area (Å²) in [7, 11) is 0. The highest BCUT2D eigenvalue weighted by Crippen LogP contribution is 2.15. The standard InChI is InChI=1S/C14H17IO3/c1-2-3-4-13(16)12(14(17)18)9-10-5-7-11(15)8-6-10/h5-8,12H,2-4,9H2,1H3,(H,17,18). The van der Waals surface area contributed by atoms with Crippen LogP contribution in [-0.4, -0.2) is 16.9 Å². The van der Waals surface area contributed by atoms with Crippen LogP contribution in [0.3, 0.4) is 0 Å². The van der Waals surface area contributed by atoms with Gasteiger partial charge in [0.1, 0.15) is 11.7 Å². The van der Waals surface area contributed by atoms with E-state index in [0.717, 1.165) is 22.0 Å². The number of Topliss-reactive ketones (excluding diaryl/α,β-unsaturated/α-hetero) is 1. The Kier molecular flexibility index (Phi) is 6.32. The van der Waals surface area contributed by atoms with Crippen molar-refractivity contribution >= 4 is 34.3 Å². The maximum absolute atomic E-state index is 11.8. The molecule has 0 saturated heterocycles. The topological polar surface area (TPSA) is 54.4 Å². The molecule has 1 aromatic rings. The van der Waals surface area contributed by atoms with Crippen LogP contribution in [-0.2, 0) is 16.0 Å². The molecule has 0 radical (unpaired) electrons. The molecule has 1 N–H and O–H groups in total. The molecule has 0 fully saturated rings. The van der Waals surface area contributed by atoms with Crippen molar-refractivity contribution < 1.29 is 14.7 Å². The van der Waals surface area contributed by atoms with Gasteiger partial charge in [0, 0.05) is 9.99 Å². The van der Waals surface area contributed by atoms with Gasteiger partial charge in [-0.3, -0.25) is 9.59 Å². The number of halogens is 1. The Hall–Kier alpha value is -0.910. The molecule has 0 heterocycles. The highest BCUT2D eigenvalue weighted by Gasteiger charge is 2.25. The quantitative estimate of drug-likeness (QED) is 0.600. The molecule has 0 saturated carbocycles. The van der Waals surface area contributed by atoms with Gasteiger partial charge < -0.3 is 5.11 Å². The molecule has 1 atom stereocenters. The number of carboxylic acids is 1. The monoisotopic (exact) mass is 360 g/mol. The van der Waals surface area contributed by atoms with Crippen molar-refractivity contribution in [2.45, 2.75) is 32.6 Å². The number of hydrogen-bond acceptors (Lipinski definition) is 2. The summed E-state index contributed by atoms with van der Waals surface area (Å²) < 4.78 is 1.10. The smallest absolute Gasteiger partial charge is 0.314 e. The van der Waals surface area contributed by atoms with Gasteiger partial charge in [-0.1, -0.05) is 25.5 Å². The molecule has 0 bridgehead atoms. The number of unbranched alkanes of at least 4 members (excludes halogenated alkanes) is 1. The van der Waals surface area contributed by atoms with E-state index in [1.807, 2.05) is 31.2 Å². The summed E-state index contributed by atoms with van der Waals surface area (Å²) in [5.41, 5.74) is 0.896. The summed E-state index contributed by atoms with van der Waals surface area (Å²) in [5.74, 6) is -2.09. The Morgan fingerprint density at radius 1 is 1.28 bits per heavy atom. The minimum atomic E-state index is -1.02. The number of benzene rings is 1. The van der Waals surface area contributed by atoms with Crippen molar-refractivity contribution in [2.24, 2.45) is 5.92 Å². The second kappa shape index (κ2) is 7.51. The van der Waals surface area contributed by atoms with E-state index in [9.17, 15) is 9.59 Å². The second-order valence-electron chi connectivity index (χ2n) is 4.29. The maximum atomic E-state index is 11.8. The first-order chi connectivity index (χ1) is 8.54. The zero-order valence-electron chi connectivity index (χ0n) is 10.4. The normalized spacial score (nSPS) is 12.1. The van der Waals surface area contributed by atoms with Crippen LogP contribution in [0, 0.1) is 9.49 Å². The third-order valence-corrected chi connectivity index (χ3v) is 3.54. The molecule has 0 amide bonds. The summed E-state index contributed by atoms with van der Waals surface area (Å²) in [6.45, 7) is 1.99. The van der Waals surface area contributed by atoms with Crippen LogP contribution in [0.15, 0.2) is 24.3 Å². The van der Waals surface area contributed by atoms with Crippen LogP contribution in [0.5, 0.6) is 0 Å². The number of hydrogen-bond donors (Lipinski definition) is 1. The highest BCUT2D eigenvalue weighted by molar-refractivity contribution is 14.1. The average Bonchev–Trinajstić information content (AvgIpc) is 2.34. The van der Waals surface area contributed by atoms with Gasteiger partial charge in [-0.05, 0) is 53.1 Å². The van der Waals surface area contributed by atoms with E-state index >= 15 is 0 Å². The van der Waals surface area contributed by atoms with Gasteiger partial charge in [-0.2, -0.15) is 0 Å². The molecule has 0 spiro atoms. The molecule has 1 unspecified atom stereocenters. The van der Waals surface area contributed by atoms with Crippen LogP contribution in [0.25, 0.3) is 0 Å². The lowest BCUT2D eigenvalue weighted by atomic mass is 9.93. The summed E-state index contributed by atoms with van der Waals surface area (Å²) >= 11 is 2.19. The molecule has 0 aliphatic carbocycles. The molecule has 4 heteroatoms. The Morgan fingerprint density at radius 3 is 2.39 bits per heavy atom. The molecular weight excluding hydrogens is 343 g/mol. The molecule has 1 aromatic carbocycles. The molecule has 3 nitrogen and oxygen atoms in total. The van der Waals surface area contributed by atoms with E-state index in [1.54, 1.807) is 0 Å². The zero-order chi connectivity index (χ0) is 13.5. The Bertz CT molecular complexity index is 412. The van der Waals surface area contributed by atoms with Gasteiger partial charge >= 0.3 is 5.97 Å². The average molecular weight is 360 g/mol. The molecule has 18 heavy (non-hydrogen) atoms. The third kappa shape index (κ3) is 4.76. The summed E-state index contributed by atoms with van der Waals surface area (Å²) in [6.07, 6.45) is 2.31. The largest absolute Gasteiger partial charge is 0.481 e. The molecule has 0 aliphatic rings. The minimum Gasteiger partial charge on any atom is -0.481 e. The van der Waals surface area contributed by atoms with Gasteiger partial charge in [0.15, 0.2) is 0 Å². The molecule has 0 aliphatic heterocycles. The van der Waals surface area contributed by atoms with Crippen LogP contribution in [0.1, 0.15) is 31.7 Å². The third-order valence-electron chi connectivity index (χ3n) is 2.82.